The van der Waals surface area contributed by atoms with Crippen LogP contribution in [0.5, 0.6) is 0 Å². The van der Waals surface area contributed by atoms with E-state index in [4.69, 9.17) is 5.26 Å². The van der Waals surface area contributed by atoms with E-state index in [0.717, 1.165) is 5.56 Å². The van der Waals surface area contributed by atoms with Gasteiger partial charge in [-0.2, -0.15) is 10.4 Å². The smallest absolute Gasteiger partial charge is 0.262 e. The van der Waals surface area contributed by atoms with Crippen LogP contribution in [0.1, 0.15) is 18.1 Å². The van der Waals surface area contributed by atoms with Gasteiger partial charge in [0.15, 0.2) is 0 Å². The molecule has 3 aromatic rings. The van der Waals surface area contributed by atoms with Crippen molar-refractivity contribution in [2.75, 3.05) is 5.43 Å². The normalized spacial score (nSPS) is 10.8. The van der Waals surface area contributed by atoms with Crippen LogP contribution in [0.25, 0.3) is 10.9 Å². The quantitative estimate of drug-likeness (QED) is 0.592. The van der Waals surface area contributed by atoms with E-state index in [1.54, 1.807) is 47.2 Å². The Balaban J connectivity index is 1.90. The summed E-state index contributed by atoms with van der Waals surface area (Å²) in [6.07, 6.45) is 1.61. The lowest BCUT2D eigenvalue weighted by molar-refractivity contribution is 0.724. The minimum atomic E-state index is -0.0980. The highest BCUT2D eigenvalue weighted by Crippen LogP contribution is 2.11. The molecule has 0 atom stereocenters. The van der Waals surface area contributed by atoms with Crippen LogP contribution in [0.4, 0.5) is 5.95 Å². The Hall–Kier alpha value is -3.46. The fourth-order valence-corrected chi connectivity index (χ4v) is 2.36. The number of nitrogens with zero attached hydrogens (tertiary/aromatic N) is 4. The van der Waals surface area contributed by atoms with E-state index in [0.29, 0.717) is 29.0 Å². The van der Waals surface area contributed by atoms with E-state index in [2.05, 4.69) is 21.6 Å². The van der Waals surface area contributed by atoms with Crippen molar-refractivity contribution in [2.24, 2.45) is 5.10 Å². The zero-order valence-corrected chi connectivity index (χ0v) is 13.1. The van der Waals surface area contributed by atoms with Gasteiger partial charge in [-0.05, 0) is 36.8 Å². The van der Waals surface area contributed by atoms with Crippen LogP contribution >= 0.6 is 0 Å². The number of hydrogen-bond donors (Lipinski definition) is 1. The summed E-state index contributed by atoms with van der Waals surface area (Å²) >= 11 is 0. The van der Waals surface area contributed by atoms with Gasteiger partial charge in [0.2, 0.25) is 5.95 Å². The van der Waals surface area contributed by atoms with Crippen LogP contribution in [0, 0.1) is 11.3 Å². The van der Waals surface area contributed by atoms with Crippen molar-refractivity contribution in [3.8, 4) is 6.07 Å². The van der Waals surface area contributed by atoms with Crippen LogP contribution in [0.2, 0.25) is 0 Å². The number of nitrogens with one attached hydrogen (secondary N) is 1. The lowest BCUT2D eigenvalue weighted by Gasteiger charge is -2.10. The van der Waals surface area contributed by atoms with Gasteiger partial charge in [0.1, 0.15) is 0 Å². The van der Waals surface area contributed by atoms with E-state index in [1.807, 2.05) is 19.1 Å². The third-order valence-electron chi connectivity index (χ3n) is 3.60. The van der Waals surface area contributed by atoms with Crippen molar-refractivity contribution in [3.63, 3.8) is 0 Å². The Kier molecular flexibility index (Phi) is 4.34. The average molecular weight is 317 g/mol. The first-order chi connectivity index (χ1) is 11.7. The highest BCUT2D eigenvalue weighted by Gasteiger charge is 2.08. The molecule has 1 heterocycles. The molecule has 6 nitrogen and oxygen atoms in total. The molecule has 2 aromatic carbocycles. The van der Waals surface area contributed by atoms with Gasteiger partial charge in [0, 0.05) is 6.54 Å². The summed E-state index contributed by atoms with van der Waals surface area (Å²) in [5.41, 5.74) is 4.79. The molecule has 1 N–H and O–H groups in total. The van der Waals surface area contributed by atoms with Crippen molar-refractivity contribution in [1.29, 1.82) is 5.26 Å². The van der Waals surface area contributed by atoms with E-state index >= 15 is 0 Å². The van der Waals surface area contributed by atoms with E-state index in [1.165, 1.54) is 0 Å². The lowest BCUT2D eigenvalue weighted by atomic mass is 10.2. The molecule has 118 valence electrons. The fraction of sp³-hybridized carbons (Fsp3) is 0.111. The number of benzene rings is 2. The van der Waals surface area contributed by atoms with Crippen molar-refractivity contribution in [3.05, 3.63) is 70.0 Å². The van der Waals surface area contributed by atoms with Crippen LogP contribution < -0.4 is 11.0 Å². The topological polar surface area (TPSA) is 83.1 Å². The molecule has 0 radical (unpaired) electrons. The first-order valence-electron chi connectivity index (χ1n) is 7.51. The predicted molar refractivity (Wildman–Crippen MR) is 94.1 cm³/mol. The lowest BCUT2D eigenvalue weighted by Crippen LogP contribution is -2.23. The van der Waals surface area contributed by atoms with Gasteiger partial charge >= 0.3 is 0 Å². The molecule has 0 saturated carbocycles. The Morgan fingerprint density at radius 1 is 1.25 bits per heavy atom. The molecule has 1 aromatic heterocycles. The number of hydrogen-bond acceptors (Lipinski definition) is 5. The molecular formula is C18H15N5O. The second kappa shape index (κ2) is 6.75. The summed E-state index contributed by atoms with van der Waals surface area (Å²) in [5.74, 6) is 0.395. The van der Waals surface area contributed by atoms with Crippen molar-refractivity contribution < 1.29 is 0 Å². The summed E-state index contributed by atoms with van der Waals surface area (Å²) in [7, 11) is 0. The summed E-state index contributed by atoms with van der Waals surface area (Å²) in [4.78, 5) is 16.9. The molecule has 0 saturated heterocycles. The van der Waals surface area contributed by atoms with Crippen molar-refractivity contribution in [1.82, 2.24) is 9.55 Å². The number of para-hydroxylation sites is 1. The summed E-state index contributed by atoms with van der Waals surface area (Å²) in [5, 5.41) is 13.5. The molecule has 0 aliphatic rings. The first-order valence-corrected chi connectivity index (χ1v) is 7.51. The number of anilines is 1. The maximum absolute atomic E-state index is 12.5. The first kappa shape index (κ1) is 15.4. The van der Waals surface area contributed by atoms with E-state index in [-0.39, 0.29) is 5.56 Å². The number of rotatable bonds is 4. The number of aromatic nitrogens is 2. The Morgan fingerprint density at radius 2 is 2.00 bits per heavy atom. The van der Waals surface area contributed by atoms with Gasteiger partial charge in [-0.3, -0.25) is 9.36 Å². The Bertz CT molecular complexity index is 997. The highest BCUT2D eigenvalue weighted by molar-refractivity contribution is 5.81. The van der Waals surface area contributed by atoms with Gasteiger partial charge in [0.05, 0.1) is 28.8 Å². The fourth-order valence-electron chi connectivity index (χ4n) is 2.36. The molecule has 0 fully saturated rings. The third-order valence-corrected chi connectivity index (χ3v) is 3.60. The zero-order chi connectivity index (χ0) is 16.9. The van der Waals surface area contributed by atoms with Gasteiger partial charge in [-0.1, -0.05) is 24.3 Å². The van der Waals surface area contributed by atoms with Crippen molar-refractivity contribution in [2.45, 2.75) is 13.5 Å². The number of nitriles is 1. The van der Waals surface area contributed by atoms with E-state index < -0.39 is 0 Å². The highest BCUT2D eigenvalue weighted by atomic mass is 16.1. The Morgan fingerprint density at radius 3 is 2.71 bits per heavy atom. The van der Waals surface area contributed by atoms with Crippen LogP contribution in [-0.2, 0) is 6.54 Å². The zero-order valence-electron chi connectivity index (χ0n) is 13.1. The summed E-state index contributed by atoms with van der Waals surface area (Å²) in [6, 6.07) is 16.3. The third kappa shape index (κ3) is 3.01. The van der Waals surface area contributed by atoms with Gasteiger partial charge in [-0.15, -0.1) is 0 Å². The molecule has 0 spiro atoms. The molecule has 24 heavy (non-hydrogen) atoms. The number of fused-ring (bicyclic) bond motifs is 1. The van der Waals surface area contributed by atoms with Crippen LogP contribution in [0.15, 0.2) is 58.4 Å². The molecule has 3 rings (SSSR count). The minimum Gasteiger partial charge on any atom is -0.277 e. The second-order valence-electron chi connectivity index (χ2n) is 5.11. The predicted octanol–water partition coefficient (Wildman–Crippen LogP) is 2.73. The van der Waals surface area contributed by atoms with Crippen LogP contribution in [0.3, 0.4) is 0 Å². The van der Waals surface area contributed by atoms with Gasteiger partial charge in [-0.25, -0.2) is 10.4 Å². The monoisotopic (exact) mass is 317 g/mol. The Labute approximate surface area is 138 Å². The maximum Gasteiger partial charge on any atom is 0.262 e. The molecule has 0 amide bonds. The minimum absolute atomic E-state index is 0.0980. The van der Waals surface area contributed by atoms with E-state index in [9.17, 15) is 4.79 Å². The molecular weight excluding hydrogens is 302 g/mol. The van der Waals surface area contributed by atoms with Gasteiger partial charge in [0.25, 0.3) is 5.56 Å². The molecule has 0 bridgehead atoms. The summed E-state index contributed by atoms with van der Waals surface area (Å²) in [6.45, 7) is 2.37. The largest absolute Gasteiger partial charge is 0.277 e. The summed E-state index contributed by atoms with van der Waals surface area (Å²) < 4.78 is 1.54. The second-order valence-corrected chi connectivity index (χ2v) is 5.11. The molecule has 6 heteroatoms. The standard InChI is InChI=1S/C18H15N5O/c1-2-23-17(24)15-5-3-4-6-16(15)21-18(23)22-20-12-14-9-7-13(11-19)8-10-14/h3-10,12H,2H2,1H3,(H,21,22)/b20-12-. The van der Waals surface area contributed by atoms with Crippen molar-refractivity contribution >= 4 is 23.1 Å². The molecule has 0 aliphatic carbocycles. The van der Waals surface area contributed by atoms with Gasteiger partial charge < -0.3 is 0 Å². The number of hydrazone groups is 1. The average Bonchev–Trinajstić information content (AvgIpc) is 2.63. The SMILES string of the molecule is CCn1c(N/N=C\c2ccc(C#N)cc2)nc2ccccc2c1=O. The molecule has 0 aliphatic heterocycles. The molecule has 0 unspecified atom stereocenters. The van der Waals surface area contributed by atoms with Crippen LogP contribution in [-0.4, -0.2) is 15.8 Å². The maximum atomic E-state index is 12.5.